The van der Waals surface area contributed by atoms with E-state index in [0.717, 1.165) is 0 Å². The second-order valence-corrected chi connectivity index (χ2v) is 7.89. The molecule has 4 rings (SSSR count). The summed E-state index contributed by atoms with van der Waals surface area (Å²) in [5.74, 6) is -1.12. The third-order valence-corrected chi connectivity index (χ3v) is 6.35. The topological polar surface area (TPSA) is 171 Å². The highest BCUT2D eigenvalue weighted by Crippen LogP contribution is 2.55. The molecule has 0 aromatic rings. The van der Waals surface area contributed by atoms with Crippen LogP contribution in [0.15, 0.2) is 22.5 Å². The molecule has 2 saturated heterocycles. The molecule has 1 amide bonds. The van der Waals surface area contributed by atoms with Crippen LogP contribution in [0.2, 0.25) is 0 Å². The van der Waals surface area contributed by atoms with Crippen LogP contribution < -0.4 is 27.4 Å². The number of hydrogen-bond acceptors (Lipinski definition) is 10. The molecule has 3 heterocycles. The number of Topliss-reactive ketones (excluding diaryl/α,β-unsaturated/α-hetero) is 2. The summed E-state index contributed by atoms with van der Waals surface area (Å²) in [7, 11) is 1.54. The van der Waals surface area contributed by atoms with Crippen LogP contribution in [0.1, 0.15) is 6.92 Å². The van der Waals surface area contributed by atoms with Gasteiger partial charge in [0.15, 0.2) is 5.72 Å². The van der Waals surface area contributed by atoms with Gasteiger partial charge in [-0.2, -0.15) is 0 Å². The molecule has 7 N–H and O–H groups in total. The van der Waals surface area contributed by atoms with Crippen LogP contribution >= 0.6 is 0 Å². The maximum atomic E-state index is 13.5. The van der Waals surface area contributed by atoms with E-state index in [1.165, 1.54) is 0 Å². The molecule has 11 heteroatoms. The molecule has 164 valence electrons. The largest absolute Gasteiger partial charge is 0.449 e. The van der Waals surface area contributed by atoms with Crippen molar-refractivity contribution in [1.82, 2.24) is 20.9 Å². The number of nitrogens with one attached hydrogen (secondary N) is 3. The first-order valence-electron chi connectivity index (χ1n) is 10.1. The minimum absolute atomic E-state index is 0.0626. The molecule has 30 heavy (non-hydrogen) atoms. The minimum Gasteiger partial charge on any atom is -0.449 e. The van der Waals surface area contributed by atoms with Crippen LogP contribution in [0, 0.1) is 5.92 Å². The second kappa shape index (κ2) is 7.65. The Bertz CT molecular complexity index is 854. The van der Waals surface area contributed by atoms with E-state index in [1.807, 2.05) is 4.90 Å². The van der Waals surface area contributed by atoms with Crippen LogP contribution in [-0.4, -0.2) is 86.8 Å². The quantitative estimate of drug-likeness (QED) is 0.153. The average molecular weight is 420 g/mol. The van der Waals surface area contributed by atoms with Crippen molar-refractivity contribution in [2.24, 2.45) is 17.4 Å². The Kier molecular flexibility index (Phi) is 5.30. The Morgan fingerprint density at radius 3 is 2.73 bits per heavy atom. The molecule has 0 radical (unpaired) electrons. The number of nitrogens with zero attached hydrogens (tertiary/aromatic N) is 1. The highest BCUT2D eigenvalue weighted by molar-refractivity contribution is 6.25. The van der Waals surface area contributed by atoms with E-state index >= 15 is 0 Å². The highest BCUT2D eigenvalue weighted by Gasteiger charge is 2.72. The zero-order valence-electron chi connectivity index (χ0n) is 17.1. The number of allylic oxidation sites excluding steroid dienone is 2. The van der Waals surface area contributed by atoms with Gasteiger partial charge in [-0.3, -0.25) is 9.59 Å². The molecule has 4 atom stereocenters. The van der Waals surface area contributed by atoms with Gasteiger partial charge in [0.1, 0.15) is 6.61 Å². The summed E-state index contributed by atoms with van der Waals surface area (Å²) in [5, 5.41) is 9.56. The number of carbonyl (C=O) groups is 3. The zero-order valence-corrected chi connectivity index (χ0v) is 17.1. The highest BCUT2D eigenvalue weighted by atomic mass is 16.6. The smallest absolute Gasteiger partial charge is 0.404 e. The van der Waals surface area contributed by atoms with Crippen LogP contribution in [0.5, 0.6) is 0 Å². The maximum absolute atomic E-state index is 13.5. The van der Waals surface area contributed by atoms with E-state index < -0.39 is 17.7 Å². The summed E-state index contributed by atoms with van der Waals surface area (Å²) >= 11 is 0. The minimum atomic E-state index is -0.964. The number of hydrogen-bond donors (Lipinski definition) is 5. The summed E-state index contributed by atoms with van der Waals surface area (Å²) in [6.45, 7) is 4.28. The van der Waals surface area contributed by atoms with Crippen molar-refractivity contribution < 1.29 is 23.9 Å². The summed E-state index contributed by atoms with van der Waals surface area (Å²) in [4.78, 5) is 40.0. The lowest BCUT2D eigenvalue weighted by Gasteiger charge is -2.39. The molecular formula is C19H28N6O5. The van der Waals surface area contributed by atoms with Gasteiger partial charge in [-0.15, -0.1) is 0 Å². The molecular weight excluding hydrogens is 392 g/mol. The third-order valence-electron chi connectivity index (χ3n) is 6.35. The molecule has 0 spiro atoms. The van der Waals surface area contributed by atoms with E-state index in [4.69, 9.17) is 20.9 Å². The van der Waals surface area contributed by atoms with Gasteiger partial charge in [0, 0.05) is 57.0 Å². The molecule has 0 aromatic heterocycles. The van der Waals surface area contributed by atoms with Gasteiger partial charge in [-0.25, -0.2) is 4.79 Å². The fourth-order valence-electron chi connectivity index (χ4n) is 5.01. The number of ether oxygens (including phenoxy) is 2. The molecule has 4 aliphatic rings. The lowest BCUT2D eigenvalue weighted by Crippen LogP contribution is -2.55. The fourth-order valence-corrected chi connectivity index (χ4v) is 5.01. The summed E-state index contributed by atoms with van der Waals surface area (Å²) < 4.78 is 11.0. The first-order chi connectivity index (χ1) is 14.4. The van der Waals surface area contributed by atoms with E-state index in [-0.39, 0.29) is 36.0 Å². The van der Waals surface area contributed by atoms with Gasteiger partial charge in [0.25, 0.3) is 0 Å². The maximum Gasteiger partial charge on any atom is 0.404 e. The second-order valence-electron chi connectivity index (χ2n) is 7.89. The normalized spacial score (nSPS) is 31.7. The summed E-state index contributed by atoms with van der Waals surface area (Å²) in [6, 6.07) is 0.0998. The number of carbonyl (C=O) groups excluding carboxylic acids is 3. The van der Waals surface area contributed by atoms with Crippen molar-refractivity contribution in [2.45, 2.75) is 24.7 Å². The molecule has 0 saturated carbocycles. The Morgan fingerprint density at radius 2 is 2.07 bits per heavy atom. The molecule has 0 aromatic carbocycles. The van der Waals surface area contributed by atoms with Gasteiger partial charge < -0.3 is 41.8 Å². The summed E-state index contributed by atoms with van der Waals surface area (Å²) in [5.41, 5.74) is 11.0. The number of amides is 1. The number of fused-ring (bicyclic) bond motifs is 4. The number of ketones is 2. The predicted molar refractivity (Wildman–Crippen MR) is 106 cm³/mol. The molecule has 3 unspecified atom stereocenters. The first-order valence-corrected chi connectivity index (χ1v) is 10.1. The van der Waals surface area contributed by atoms with E-state index in [9.17, 15) is 14.4 Å². The van der Waals surface area contributed by atoms with Crippen molar-refractivity contribution in [3.8, 4) is 0 Å². The molecule has 3 aliphatic heterocycles. The monoisotopic (exact) mass is 420 g/mol. The van der Waals surface area contributed by atoms with E-state index in [2.05, 4.69) is 16.0 Å². The van der Waals surface area contributed by atoms with Crippen LogP contribution in [0.25, 0.3) is 0 Å². The number of nitrogens with two attached hydrogens (primary N) is 2. The van der Waals surface area contributed by atoms with Gasteiger partial charge in [-0.1, -0.05) is 0 Å². The lowest BCUT2D eigenvalue weighted by molar-refractivity contribution is -0.137. The van der Waals surface area contributed by atoms with Gasteiger partial charge in [0.2, 0.25) is 11.6 Å². The van der Waals surface area contributed by atoms with Crippen molar-refractivity contribution >= 4 is 17.7 Å². The number of piperazine rings is 1. The molecule has 1 aliphatic carbocycles. The van der Waals surface area contributed by atoms with Crippen LogP contribution in [-0.2, 0) is 19.1 Å². The van der Waals surface area contributed by atoms with Gasteiger partial charge >= 0.3 is 6.09 Å². The van der Waals surface area contributed by atoms with E-state index in [1.54, 1.807) is 14.0 Å². The SMILES string of the molecule is CO[C@@]12C(COC(N)=O)C3=C(C(=O)C(C)=C(NCCNCCN)C3=O)N1CC1NC12. The number of rotatable bonds is 9. The molecule has 11 nitrogen and oxygen atoms in total. The Hall–Kier alpha value is -2.47. The Balaban J connectivity index is 1.64. The third kappa shape index (κ3) is 2.92. The summed E-state index contributed by atoms with van der Waals surface area (Å²) in [6.07, 6.45) is -0.939. The fraction of sp³-hybridized carbons (Fsp3) is 0.632. The van der Waals surface area contributed by atoms with Crippen molar-refractivity contribution in [2.75, 3.05) is 46.4 Å². The van der Waals surface area contributed by atoms with Crippen molar-refractivity contribution in [1.29, 1.82) is 0 Å². The zero-order chi connectivity index (χ0) is 21.6. The number of primary amides is 1. The predicted octanol–water partition coefficient (Wildman–Crippen LogP) is -2.47. The first kappa shape index (κ1) is 20.8. The standard InChI is InChI=1S/C19H28N6O5/c1-9-13(23-6-5-22-4-3-20)16(27)12-10(8-30-18(21)28)19(29-2)17-11(24-17)7-25(19)14(12)15(9)26/h10-11,17,22-24H,3-8,20H2,1-2H3,(H2,21,28)/t10?,11?,17?,19-/m1/s1. The van der Waals surface area contributed by atoms with Gasteiger partial charge in [-0.05, 0) is 6.92 Å². The van der Waals surface area contributed by atoms with Gasteiger partial charge in [0.05, 0.1) is 23.4 Å². The average Bonchev–Trinajstić information content (AvgIpc) is 3.33. The van der Waals surface area contributed by atoms with Crippen molar-refractivity contribution in [3.05, 3.63) is 22.5 Å². The lowest BCUT2D eigenvalue weighted by atomic mass is 9.82. The molecule has 2 fully saturated rings. The molecule has 0 bridgehead atoms. The number of methoxy groups -OCH3 is 1. The van der Waals surface area contributed by atoms with E-state index in [0.29, 0.717) is 49.6 Å². The van der Waals surface area contributed by atoms with Crippen LogP contribution in [0.4, 0.5) is 4.79 Å². The Labute approximate surface area is 174 Å². The van der Waals surface area contributed by atoms with Crippen LogP contribution in [0.3, 0.4) is 0 Å². The Morgan fingerprint density at radius 1 is 1.30 bits per heavy atom. The van der Waals surface area contributed by atoms with Crippen molar-refractivity contribution in [3.63, 3.8) is 0 Å².